The third kappa shape index (κ3) is 3.23. The highest BCUT2D eigenvalue weighted by molar-refractivity contribution is 6.01. The molecule has 1 unspecified atom stereocenters. The number of aromatic nitrogens is 2. The van der Waals surface area contributed by atoms with Crippen LogP contribution in [0, 0.1) is 0 Å². The van der Waals surface area contributed by atoms with Gasteiger partial charge in [0.15, 0.2) is 0 Å². The molecule has 2 heterocycles. The van der Waals surface area contributed by atoms with Crippen LogP contribution >= 0.6 is 0 Å². The number of carbonyl (C=O) groups excluding carboxylic acids is 2. The predicted molar refractivity (Wildman–Crippen MR) is 75.2 cm³/mol. The molecule has 0 saturated carbocycles. The lowest BCUT2D eigenvalue weighted by atomic mass is 10.0. The number of amides is 2. The van der Waals surface area contributed by atoms with Crippen molar-refractivity contribution in [3.8, 4) is 0 Å². The van der Waals surface area contributed by atoms with Gasteiger partial charge < -0.3 is 10.6 Å². The van der Waals surface area contributed by atoms with E-state index in [9.17, 15) is 9.59 Å². The molecule has 0 spiro atoms. The van der Waals surface area contributed by atoms with Crippen molar-refractivity contribution < 1.29 is 9.59 Å². The van der Waals surface area contributed by atoms with E-state index in [0.29, 0.717) is 24.5 Å². The Morgan fingerprint density at radius 3 is 2.85 bits per heavy atom. The van der Waals surface area contributed by atoms with Crippen LogP contribution in [0.4, 0.5) is 11.6 Å². The molecule has 0 bridgehead atoms. The summed E-state index contributed by atoms with van der Waals surface area (Å²) in [4.78, 5) is 33.0. The molecule has 7 heteroatoms. The predicted octanol–water partition coefficient (Wildman–Crippen LogP) is 0.858. The molecule has 1 atom stereocenters. The fourth-order valence-electron chi connectivity index (χ4n) is 2.00. The largest absolute Gasteiger partial charge is 0.369 e. The Hall–Kier alpha value is -2.18. The SMILES string of the molecule is CCCNc1cncc(NC2CCC(=O)N(C)C2=O)n1. The summed E-state index contributed by atoms with van der Waals surface area (Å²) in [6.07, 6.45) is 5.05. The van der Waals surface area contributed by atoms with Gasteiger partial charge in [-0.3, -0.25) is 19.5 Å². The Bertz CT molecular complexity index is 505. The summed E-state index contributed by atoms with van der Waals surface area (Å²) in [5.74, 6) is 0.837. The van der Waals surface area contributed by atoms with Crippen molar-refractivity contribution in [1.82, 2.24) is 14.9 Å². The number of likely N-dealkylation sites (N-methyl/N-ethyl adjacent to an activating group) is 1. The van der Waals surface area contributed by atoms with Crippen molar-refractivity contribution in [2.75, 3.05) is 24.2 Å². The second-order valence-corrected chi connectivity index (χ2v) is 4.74. The maximum Gasteiger partial charge on any atom is 0.251 e. The number of rotatable bonds is 5. The van der Waals surface area contributed by atoms with Crippen molar-refractivity contribution in [3.05, 3.63) is 12.4 Å². The van der Waals surface area contributed by atoms with Crippen LogP contribution in [0.2, 0.25) is 0 Å². The van der Waals surface area contributed by atoms with Crippen LogP contribution in [0.5, 0.6) is 0 Å². The third-order valence-corrected chi connectivity index (χ3v) is 3.16. The number of hydrogen-bond acceptors (Lipinski definition) is 6. The Kier molecular flexibility index (Phi) is 4.49. The standard InChI is InChI=1S/C13H19N5O2/c1-3-6-15-10-7-14-8-11(17-10)16-9-4-5-12(19)18(2)13(9)20/h7-9H,3-6H2,1-2H3,(H2,15,16,17). The Labute approximate surface area is 117 Å². The number of carbonyl (C=O) groups is 2. The van der Waals surface area contributed by atoms with Gasteiger partial charge >= 0.3 is 0 Å². The van der Waals surface area contributed by atoms with Crippen molar-refractivity contribution in [3.63, 3.8) is 0 Å². The van der Waals surface area contributed by atoms with Crippen molar-refractivity contribution in [2.45, 2.75) is 32.2 Å². The van der Waals surface area contributed by atoms with Crippen LogP contribution in [0.1, 0.15) is 26.2 Å². The summed E-state index contributed by atoms with van der Waals surface area (Å²) in [6.45, 7) is 2.88. The monoisotopic (exact) mass is 277 g/mol. The fraction of sp³-hybridized carbons (Fsp3) is 0.538. The number of hydrogen-bond donors (Lipinski definition) is 2. The molecule has 1 aromatic heterocycles. The average molecular weight is 277 g/mol. The molecule has 7 nitrogen and oxygen atoms in total. The Morgan fingerprint density at radius 1 is 1.35 bits per heavy atom. The van der Waals surface area contributed by atoms with Gasteiger partial charge in [0.25, 0.3) is 5.91 Å². The minimum Gasteiger partial charge on any atom is -0.369 e. The zero-order valence-electron chi connectivity index (χ0n) is 11.7. The van der Waals surface area contributed by atoms with Crippen LogP contribution in [0.3, 0.4) is 0 Å². The first-order chi connectivity index (χ1) is 9.61. The van der Waals surface area contributed by atoms with Gasteiger partial charge in [-0.25, -0.2) is 4.98 Å². The average Bonchev–Trinajstić information content (AvgIpc) is 2.46. The second-order valence-electron chi connectivity index (χ2n) is 4.74. The van der Waals surface area contributed by atoms with Crippen LogP contribution in [0.15, 0.2) is 12.4 Å². The summed E-state index contributed by atoms with van der Waals surface area (Å²) in [5, 5.41) is 6.18. The van der Waals surface area contributed by atoms with E-state index in [4.69, 9.17) is 0 Å². The summed E-state index contributed by atoms with van der Waals surface area (Å²) in [7, 11) is 1.50. The molecule has 2 amide bonds. The molecule has 108 valence electrons. The van der Waals surface area contributed by atoms with Crippen molar-refractivity contribution in [1.29, 1.82) is 0 Å². The number of anilines is 2. The van der Waals surface area contributed by atoms with Gasteiger partial charge in [-0.05, 0) is 12.8 Å². The minimum absolute atomic E-state index is 0.141. The van der Waals surface area contributed by atoms with E-state index in [-0.39, 0.29) is 11.8 Å². The maximum absolute atomic E-state index is 12.0. The topological polar surface area (TPSA) is 87.2 Å². The quantitative estimate of drug-likeness (QED) is 0.776. The van der Waals surface area contributed by atoms with Crippen LogP contribution in [-0.2, 0) is 9.59 Å². The van der Waals surface area contributed by atoms with E-state index in [0.717, 1.165) is 17.9 Å². The molecule has 2 N–H and O–H groups in total. The first-order valence-corrected chi connectivity index (χ1v) is 6.74. The van der Waals surface area contributed by atoms with E-state index >= 15 is 0 Å². The highest BCUT2D eigenvalue weighted by atomic mass is 16.2. The molecule has 1 aliphatic rings. The fourth-order valence-corrected chi connectivity index (χ4v) is 2.00. The van der Waals surface area contributed by atoms with E-state index in [2.05, 4.69) is 27.5 Å². The minimum atomic E-state index is -0.423. The van der Waals surface area contributed by atoms with Crippen molar-refractivity contribution >= 4 is 23.5 Å². The first-order valence-electron chi connectivity index (χ1n) is 6.74. The third-order valence-electron chi connectivity index (χ3n) is 3.16. The summed E-state index contributed by atoms with van der Waals surface area (Å²) in [6, 6.07) is -0.423. The van der Waals surface area contributed by atoms with Gasteiger partial charge in [0, 0.05) is 20.0 Å². The molecule has 0 aromatic carbocycles. The number of imide groups is 1. The highest BCUT2D eigenvalue weighted by Gasteiger charge is 2.31. The van der Waals surface area contributed by atoms with Gasteiger partial charge in [-0.1, -0.05) is 6.92 Å². The van der Waals surface area contributed by atoms with Crippen LogP contribution < -0.4 is 10.6 Å². The number of likely N-dealkylation sites (tertiary alicyclic amines) is 1. The maximum atomic E-state index is 12.0. The normalized spacial score (nSPS) is 19.1. The summed E-state index contributed by atoms with van der Waals surface area (Å²) in [5.41, 5.74) is 0. The Balaban J connectivity index is 2.02. The van der Waals surface area contributed by atoms with Crippen LogP contribution in [0.25, 0.3) is 0 Å². The van der Waals surface area contributed by atoms with Gasteiger partial charge in [0.05, 0.1) is 12.4 Å². The Morgan fingerprint density at radius 2 is 2.10 bits per heavy atom. The van der Waals surface area contributed by atoms with Gasteiger partial charge in [0.1, 0.15) is 17.7 Å². The summed E-state index contributed by atoms with van der Waals surface area (Å²) >= 11 is 0. The highest BCUT2D eigenvalue weighted by Crippen LogP contribution is 2.16. The lowest BCUT2D eigenvalue weighted by molar-refractivity contribution is -0.146. The van der Waals surface area contributed by atoms with E-state index < -0.39 is 6.04 Å². The lowest BCUT2D eigenvalue weighted by Crippen LogP contribution is -2.48. The van der Waals surface area contributed by atoms with Gasteiger partial charge in [-0.2, -0.15) is 0 Å². The molecule has 1 saturated heterocycles. The zero-order chi connectivity index (χ0) is 14.5. The number of nitrogens with zero attached hydrogens (tertiary/aromatic N) is 3. The van der Waals surface area contributed by atoms with Crippen LogP contribution in [-0.4, -0.2) is 46.3 Å². The summed E-state index contributed by atoms with van der Waals surface area (Å²) < 4.78 is 0. The first kappa shape index (κ1) is 14.2. The second kappa shape index (κ2) is 6.31. The van der Waals surface area contributed by atoms with E-state index in [1.807, 2.05) is 0 Å². The molecular formula is C13H19N5O2. The molecule has 1 aliphatic heterocycles. The lowest BCUT2D eigenvalue weighted by Gasteiger charge is -2.28. The molecule has 2 rings (SSSR count). The molecule has 20 heavy (non-hydrogen) atoms. The van der Waals surface area contributed by atoms with Gasteiger partial charge in [0.2, 0.25) is 5.91 Å². The zero-order valence-corrected chi connectivity index (χ0v) is 11.7. The molecule has 1 fully saturated rings. The number of piperidine rings is 1. The smallest absolute Gasteiger partial charge is 0.251 e. The molecular weight excluding hydrogens is 258 g/mol. The molecule has 1 aromatic rings. The van der Waals surface area contributed by atoms with Gasteiger partial charge in [-0.15, -0.1) is 0 Å². The van der Waals surface area contributed by atoms with Crippen molar-refractivity contribution in [2.24, 2.45) is 0 Å². The van der Waals surface area contributed by atoms with E-state index in [1.54, 1.807) is 12.4 Å². The van der Waals surface area contributed by atoms with E-state index in [1.165, 1.54) is 7.05 Å². The molecule has 0 aliphatic carbocycles. The number of nitrogens with one attached hydrogen (secondary N) is 2. The molecule has 0 radical (unpaired) electrons.